The fraction of sp³-hybridized carbons (Fsp3) is 0.182. The number of hydrogen-bond acceptors (Lipinski definition) is 11. The summed E-state index contributed by atoms with van der Waals surface area (Å²) in [5, 5.41) is 22.2. The van der Waals surface area contributed by atoms with E-state index in [4.69, 9.17) is 9.47 Å². The maximum Gasteiger partial charge on any atom is 0.329 e. The molecule has 1 atom stereocenters. The summed E-state index contributed by atoms with van der Waals surface area (Å²) in [6, 6.07) is 16.9. The van der Waals surface area contributed by atoms with E-state index < -0.39 is 11.9 Å². The van der Waals surface area contributed by atoms with E-state index in [1.54, 1.807) is 13.2 Å². The van der Waals surface area contributed by atoms with E-state index >= 15 is 0 Å². The first-order valence-electron chi connectivity index (χ1n) is 9.73. The van der Waals surface area contributed by atoms with Gasteiger partial charge in [-0.2, -0.15) is 5.26 Å². The molecule has 0 saturated heterocycles. The van der Waals surface area contributed by atoms with E-state index in [9.17, 15) is 10.1 Å². The first kappa shape index (κ1) is 22.4. The van der Waals surface area contributed by atoms with Crippen molar-refractivity contribution < 1.29 is 14.3 Å². The van der Waals surface area contributed by atoms with E-state index in [2.05, 4.69) is 25.5 Å². The second-order valence-electron chi connectivity index (χ2n) is 6.66. The number of carbonyl (C=O) groups excluding carboxylic acids is 1. The highest BCUT2D eigenvalue weighted by molar-refractivity contribution is 8.01. The number of fused-ring (bicyclic) bond motifs is 1. The van der Waals surface area contributed by atoms with Crippen LogP contribution in [0.3, 0.4) is 0 Å². The van der Waals surface area contributed by atoms with Crippen molar-refractivity contribution >= 4 is 45.2 Å². The smallest absolute Gasteiger partial charge is 0.329 e. The molecule has 0 amide bonds. The van der Waals surface area contributed by atoms with Gasteiger partial charge in [-0.25, -0.2) is 9.97 Å². The van der Waals surface area contributed by atoms with Crippen LogP contribution in [0.5, 0.6) is 5.75 Å². The molecule has 0 spiro atoms. The molecule has 11 heteroatoms. The van der Waals surface area contributed by atoms with Crippen molar-refractivity contribution in [2.45, 2.75) is 21.8 Å². The number of methoxy groups -OCH3 is 2. The Morgan fingerprint density at radius 2 is 1.85 bits per heavy atom. The fourth-order valence-corrected chi connectivity index (χ4v) is 4.70. The molecular weight excluding hydrogens is 460 g/mol. The lowest BCUT2D eigenvalue weighted by Crippen LogP contribution is -2.15. The van der Waals surface area contributed by atoms with Gasteiger partial charge in [-0.15, -0.1) is 10.2 Å². The van der Waals surface area contributed by atoms with Crippen molar-refractivity contribution in [1.82, 2.24) is 20.2 Å². The van der Waals surface area contributed by atoms with Crippen molar-refractivity contribution in [3.63, 3.8) is 0 Å². The summed E-state index contributed by atoms with van der Waals surface area (Å²) in [6.07, 6.45) is 0. The molecule has 0 fully saturated rings. The molecule has 0 radical (unpaired) electrons. The summed E-state index contributed by atoms with van der Waals surface area (Å²) in [4.78, 5) is 21.3. The molecule has 9 nitrogen and oxygen atoms in total. The van der Waals surface area contributed by atoms with Crippen LogP contribution in [0.2, 0.25) is 0 Å². The summed E-state index contributed by atoms with van der Waals surface area (Å²) in [5.41, 5.74) is 2.53. The molecule has 0 bridgehead atoms. The number of rotatable bonds is 8. The maximum atomic E-state index is 12.2. The zero-order valence-electron chi connectivity index (χ0n) is 17.7. The van der Waals surface area contributed by atoms with Gasteiger partial charge in [0.1, 0.15) is 16.5 Å². The second kappa shape index (κ2) is 10.2. The molecule has 4 rings (SSSR count). The average molecular weight is 479 g/mol. The Hall–Kier alpha value is -3.75. The number of esters is 1. The molecule has 0 aliphatic rings. The number of nitriles is 1. The van der Waals surface area contributed by atoms with Gasteiger partial charge >= 0.3 is 5.97 Å². The highest BCUT2D eigenvalue weighted by atomic mass is 32.2. The van der Waals surface area contributed by atoms with E-state index in [0.29, 0.717) is 32.1 Å². The van der Waals surface area contributed by atoms with E-state index in [0.717, 1.165) is 11.3 Å². The van der Waals surface area contributed by atoms with Gasteiger partial charge in [-0.05, 0) is 41.6 Å². The summed E-state index contributed by atoms with van der Waals surface area (Å²) in [6.45, 7) is 0.573. The van der Waals surface area contributed by atoms with Crippen LogP contribution in [-0.4, -0.2) is 40.4 Å². The Labute approximate surface area is 197 Å². The molecule has 0 aliphatic heterocycles. The first-order chi connectivity index (χ1) is 16.1. The largest absolute Gasteiger partial charge is 0.497 e. The molecule has 4 aromatic rings. The Morgan fingerprint density at radius 3 is 2.52 bits per heavy atom. The number of carbonyl (C=O) groups is 1. The highest BCUT2D eigenvalue weighted by Gasteiger charge is 2.28. The molecule has 166 valence electrons. The van der Waals surface area contributed by atoms with Crippen molar-refractivity contribution in [2.24, 2.45) is 0 Å². The first-order valence-corrected chi connectivity index (χ1v) is 11.4. The lowest BCUT2D eigenvalue weighted by molar-refractivity contribution is -0.141. The van der Waals surface area contributed by atoms with Gasteiger partial charge in [0.2, 0.25) is 5.13 Å². The number of nitrogens with zero attached hydrogens (tertiary/aromatic N) is 5. The summed E-state index contributed by atoms with van der Waals surface area (Å²) >= 11 is 2.54. The Balaban J connectivity index is 1.56. The van der Waals surface area contributed by atoms with Crippen LogP contribution in [0, 0.1) is 11.3 Å². The van der Waals surface area contributed by atoms with Crippen LogP contribution >= 0.6 is 23.1 Å². The van der Waals surface area contributed by atoms with Gasteiger partial charge in [-0.3, -0.25) is 4.79 Å². The van der Waals surface area contributed by atoms with Crippen LogP contribution in [-0.2, 0) is 16.1 Å². The van der Waals surface area contributed by atoms with Crippen LogP contribution in [0.15, 0.2) is 57.9 Å². The average Bonchev–Trinajstić information content (AvgIpc) is 3.30. The van der Waals surface area contributed by atoms with Crippen molar-refractivity contribution in [3.8, 4) is 11.8 Å². The van der Waals surface area contributed by atoms with E-state index in [1.807, 2.05) is 48.5 Å². The normalized spacial score (nSPS) is 11.5. The van der Waals surface area contributed by atoms with Gasteiger partial charge in [0.25, 0.3) is 0 Å². The standard InChI is InChI=1S/C22H18N6O3S2/c1-30-14-9-7-13(8-10-14)12-24-21-27-28-22(33-21)32-19-18(15(11-23)20(29)31-2)25-16-5-3-4-6-17(16)26-19/h3-10,15H,12H2,1-2H3,(H,24,27). The zero-order chi connectivity index (χ0) is 23.2. The predicted molar refractivity (Wildman–Crippen MR) is 124 cm³/mol. The molecule has 2 aromatic carbocycles. The Kier molecular flexibility index (Phi) is 6.97. The topological polar surface area (TPSA) is 123 Å². The van der Waals surface area contributed by atoms with E-state index in [1.165, 1.54) is 30.2 Å². The minimum Gasteiger partial charge on any atom is -0.497 e. The maximum absolute atomic E-state index is 12.2. The Morgan fingerprint density at radius 1 is 1.12 bits per heavy atom. The lowest BCUT2D eigenvalue weighted by Gasteiger charge is -2.11. The third-order valence-electron chi connectivity index (χ3n) is 4.60. The third kappa shape index (κ3) is 5.19. The van der Waals surface area contributed by atoms with Crippen molar-refractivity contribution in [1.29, 1.82) is 5.26 Å². The van der Waals surface area contributed by atoms with Gasteiger partial charge in [0.15, 0.2) is 10.3 Å². The molecule has 1 unspecified atom stereocenters. The minimum absolute atomic E-state index is 0.232. The fourth-order valence-electron chi connectivity index (χ4n) is 2.93. The van der Waals surface area contributed by atoms with Crippen LogP contribution in [0.25, 0.3) is 11.0 Å². The second-order valence-corrected chi connectivity index (χ2v) is 8.88. The molecule has 2 heterocycles. The van der Waals surface area contributed by atoms with Crippen LogP contribution in [0.1, 0.15) is 17.2 Å². The molecule has 33 heavy (non-hydrogen) atoms. The monoisotopic (exact) mass is 478 g/mol. The number of hydrogen-bond donors (Lipinski definition) is 1. The lowest BCUT2D eigenvalue weighted by atomic mass is 10.1. The van der Waals surface area contributed by atoms with Crippen molar-refractivity contribution in [3.05, 3.63) is 59.8 Å². The minimum atomic E-state index is -1.20. The number of anilines is 1. The molecule has 0 saturated carbocycles. The molecule has 1 N–H and O–H groups in total. The van der Waals surface area contributed by atoms with Crippen LogP contribution < -0.4 is 10.1 Å². The third-order valence-corrected chi connectivity index (χ3v) is 6.52. The number of nitrogens with one attached hydrogen (secondary N) is 1. The van der Waals surface area contributed by atoms with Gasteiger partial charge in [-0.1, -0.05) is 35.6 Å². The summed E-state index contributed by atoms with van der Waals surface area (Å²) in [7, 11) is 2.86. The number of ether oxygens (including phenoxy) is 2. The van der Waals surface area contributed by atoms with Crippen LogP contribution in [0.4, 0.5) is 5.13 Å². The molecule has 0 aliphatic carbocycles. The van der Waals surface area contributed by atoms with Gasteiger partial charge < -0.3 is 14.8 Å². The summed E-state index contributed by atoms with van der Waals surface area (Å²) in [5.74, 6) is -1.10. The number of benzene rings is 2. The van der Waals surface area contributed by atoms with Gasteiger partial charge in [0.05, 0.1) is 31.3 Å². The quantitative estimate of drug-likeness (QED) is 0.371. The number of para-hydroxylation sites is 2. The van der Waals surface area contributed by atoms with E-state index in [-0.39, 0.29) is 5.69 Å². The predicted octanol–water partition coefficient (Wildman–Crippen LogP) is 4.03. The zero-order valence-corrected chi connectivity index (χ0v) is 19.3. The highest BCUT2D eigenvalue weighted by Crippen LogP contribution is 2.36. The SMILES string of the molecule is COC(=O)C(C#N)c1nc2ccccc2nc1Sc1nnc(NCc2ccc(OC)cc2)s1. The Bertz CT molecular complexity index is 1320. The number of aromatic nitrogens is 4. The summed E-state index contributed by atoms with van der Waals surface area (Å²) < 4.78 is 10.6. The molecule has 2 aromatic heterocycles. The van der Waals surface area contributed by atoms with Crippen molar-refractivity contribution in [2.75, 3.05) is 19.5 Å². The molecular formula is C22H18N6O3S2. The van der Waals surface area contributed by atoms with Gasteiger partial charge in [0, 0.05) is 6.54 Å².